The molecule has 6 heteroatoms. The molecule has 0 amide bonds. The van der Waals surface area contributed by atoms with Gasteiger partial charge in [0.25, 0.3) is 0 Å². The van der Waals surface area contributed by atoms with Crippen LogP contribution in [-0.2, 0) is 15.9 Å². The van der Waals surface area contributed by atoms with E-state index in [0.29, 0.717) is 11.0 Å². The van der Waals surface area contributed by atoms with Gasteiger partial charge < -0.3 is 20.1 Å². The Kier molecular flexibility index (Phi) is 8.58. The molecule has 0 atom stereocenters. The summed E-state index contributed by atoms with van der Waals surface area (Å²) in [4.78, 5) is 16.3. The lowest BCUT2D eigenvalue weighted by Crippen LogP contribution is -2.41. The molecule has 0 aromatic heterocycles. The van der Waals surface area contributed by atoms with E-state index in [-0.39, 0.29) is 5.97 Å². The minimum absolute atomic E-state index is 0.306. The number of rotatable bonds is 10. The number of hydrogen-bond donors (Lipinski definition) is 2. The first-order chi connectivity index (χ1) is 13.1. The number of nitrogens with one attached hydrogen (secondary N) is 2. The third-order valence-electron chi connectivity index (χ3n) is 5.25. The van der Waals surface area contributed by atoms with E-state index >= 15 is 0 Å². The van der Waals surface area contributed by atoms with Gasteiger partial charge in [-0.05, 0) is 55.7 Å². The van der Waals surface area contributed by atoms with Gasteiger partial charge in [0.05, 0.1) is 12.7 Å². The Morgan fingerprint density at radius 3 is 2.48 bits per heavy atom. The molecule has 0 unspecified atom stereocenters. The smallest absolute Gasteiger partial charge is 0.337 e. The van der Waals surface area contributed by atoms with Crippen LogP contribution >= 0.6 is 0 Å². The highest BCUT2D eigenvalue weighted by molar-refractivity contribution is 5.89. The zero-order valence-corrected chi connectivity index (χ0v) is 16.8. The highest BCUT2D eigenvalue weighted by Crippen LogP contribution is 2.44. The van der Waals surface area contributed by atoms with Crippen LogP contribution in [0.2, 0.25) is 0 Å². The molecule has 0 saturated heterocycles. The van der Waals surface area contributed by atoms with Crippen LogP contribution in [-0.4, -0.2) is 52.4 Å². The molecule has 0 bridgehead atoms. The highest BCUT2D eigenvalue weighted by atomic mass is 16.5. The van der Waals surface area contributed by atoms with Gasteiger partial charge in [0.15, 0.2) is 5.96 Å². The predicted molar refractivity (Wildman–Crippen MR) is 108 cm³/mol. The molecule has 0 radical (unpaired) electrons. The fourth-order valence-corrected chi connectivity index (χ4v) is 3.32. The number of carbonyl (C=O) groups excluding carboxylic acids is 1. The van der Waals surface area contributed by atoms with Gasteiger partial charge >= 0.3 is 5.97 Å². The van der Waals surface area contributed by atoms with Crippen LogP contribution in [0.15, 0.2) is 29.3 Å². The molecule has 0 heterocycles. The van der Waals surface area contributed by atoms with Gasteiger partial charge in [0.2, 0.25) is 0 Å². The largest absolute Gasteiger partial charge is 0.465 e. The van der Waals surface area contributed by atoms with Crippen molar-refractivity contribution < 1.29 is 14.3 Å². The average Bonchev–Trinajstić information content (AvgIpc) is 2.66. The summed E-state index contributed by atoms with van der Waals surface area (Å²) in [5, 5.41) is 6.73. The standard InChI is InChI=1S/C21H33N3O3/c1-4-22-20(24-16-21(11-5-12-21)13-15-26-2)23-14-10-17-6-8-18(9-7-17)19(25)27-3/h6-9H,4-5,10-16H2,1-3H3,(H2,22,23,24). The summed E-state index contributed by atoms with van der Waals surface area (Å²) < 4.78 is 9.99. The second kappa shape index (κ2) is 10.9. The molecular weight excluding hydrogens is 342 g/mol. The van der Waals surface area contributed by atoms with Gasteiger partial charge in [-0.15, -0.1) is 0 Å². The van der Waals surface area contributed by atoms with Gasteiger partial charge in [-0.25, -0.2) is 4.79 Å². The summed E-state index contributed by atoms with van der Waals surface area (Å²) >= 11 is 0. The summed E-state index contributed by atoms with van der Waals surface area (Å²) in [6, 6.07) is 7.53. The monoisotopic (exact) mass is 375 g/mol. The van der Waals surface area contributed by atoms with Crippen LogP contribution in [0.4, 0.5) is 0 Å². The first-order valence-electron chi connectivity index (χ1n) is 9.81. The van der Waals surface area contributed by atoms with E-state index < -0.39 is 0 Å². The Morgan fingerprint density at radius 1 is 1.19 bits per heavy atom. The molecule has 1 aliphatic rings. The second-order valence-electron chi connectivity index (χ2n) is 7.16. The topological polar surface area (TPSA) is 72.0 Å². The quantitative estimate of drug-likeness (QED) is 0.374. The first-order valence-corrected chi connectivity index (χ1v) is 9.81. The molecule has 150 valence electrons. The molecule has 6 nitrogen and oxygen atoms in total. The maximum Gasteiger partial charge on any atom is 0.337 e. The lowest BCUT2D eigenvalue weighted by molar-refractivity contribution is 0.0600. The summed E-state index contributed by atoms with van der Waals surface area (Å²) in [5.74, 6) is 0.562. The zero-order chi connectivity index (χ0) is 19.5. The van der Waals surface area contributed by atoms with Gasteiger partial charge in [-0.3, -0.25) is 4.99 Å². The van der Waals surface area contributed by atoms with Gasteiger partial charge in [-0.1, -0.05) is 18.6 Å². The van der Waals surface area contributed by atoms with Crippen molar-refractivity contribution in [3.05, 3.63) is 35.4 Å². The molecule has 27 heavy (non-hydrogen) atoms. The number of ether oxygens (including phenoxy) is 2. The summed E-state index contributed by atoms with van der Waals surface area (Å²) in [7, 11) is 3.16. The van der Waals surface area contributed by atoms with Crippen LogP contribution in [0.25, 0.3) is 0 Å². The minimum atomic E-state index is -0.306. The van der Waals surface area contributed by atoms with E-state index in [4.69, 9.17) is 14.5 Å². The Hall–Kier alpha value is -2.08. The molecule has 0 aliphatic heterocycles. The maximum absolute atomic E-state index is 11.5. The molecule has 1 saturated carbocycles. The fourth-order valence-electron chi connectivity index (χ4n) is 3.32. The third-order valence-corrected chi connectivity index (χ3v) is 5.25. The van der Waals surface area contributed by atoms with E-state index in [1.54, 1.807) is 19.2 Å². The van der Waals surface area contributed by atoms with Crippen molar-refractivity contribution in [3.63, 3.8) is 0 Å². The first kappa shape index (κ1) is 21.2. The van der Waals surface area contributed by atoms with Crippen LogP contribution < -0.4 is 10.6 Å². The molecular formula is C21H33N3O3. The number of benzene rings is 1. The van der Waals surface area contributed by atoms with Crippen LogP contribution in [0.1, 0.15) is 48.5 Å². The molecule has 1 aliphatic carbocycles. The van der Waals surface area contributed by atoms with Crippen molar-refractivity contribution >= 4 is 11.9 Å². The number of aliphatic imine (C=N–C) groups is 1. The van der Waals surface area contributed by atoms with Crippen LogP contribution in [0.5, 0.6) is 0 Å². The lowest BCUT2D eigenvalue weighted by Gasteiger charge is -2.40. The van der Waals surface area contributed by atoms with E-state index in [2.05, 4.69) is 17.6 Å². The molecule has 1 aromatic carbocycles. The van der Waals surface area contributed by atoms with E-state index in [1.165, 1.54) is 31.9 Å². The maximum atomic E-state index is 11.5. The van der Waals surface area contributed by atoms with Crippen molar-refractivity contribution in [2.75, 3.05) is 40.5 Å². The fraction of sp³-hybridized carbons (Fsp3) is 0.619. The summed E-state index contributed by atoms with van der Waals surface area (Å²) in [6.45, 7) is 5.35. The molecule has 2 rings (SSSR count). The van der Waals surface area contributed by atoms with Gasteiger partial charge in [0, 0.05) is 33.4 Å². The number of nitrogens with zero attached hydrogens (tertiary/aromatic N) is 1. The van der Waals surface area contributed by atoms with Crippen molar-refractivity contribution in [2.45, 2.75) is 39.0 Å². The SMILES string of the molecule is CCNC(=NCC1(CCOC)CCC1)NCCc1ccc(C(=O)OC)cc1. The predicted octanol–water partition coefficient (Wildman–Crippen LogP) is 2.78. The van der Waals surface area contributed by atoms with Crippen LogP contribution in [0.3, 0.4) is 0 Å². The Bertz CT molecular complexity index is 610. The van der Waals surface area contributed by atoms with Crippen molar-refractivity contribution in [2.24, 2.45) is 10.4 Å². The van der Waals surface area contributed by atoms with Crippen molar-refractivity contribution in [1.29, 1.82) is 0 Å². The van der Waals surface area contributed by atoms with Gasteiger partial charge in [-0.2, -0.15) is 0 Å². The third kappa shape index (κ3) is 6.54. The average molecular weight is 376 g/mol. The normalized spacial score (nSPS) is 15.7. The number of methoxy groups -OCH3 is 2. The van der Waals surface area contributed by atoms with E-state index in [0.717, 1.165) is 45.0 Å². The van der Waals surface area contributed by atoms with E-state index in [9.17, 15) is 4.79 Å². The Morgan fingerprint density at radius 2 is 1.93 bits per heavy atom. The number of hydrogen-bond acceptors (Lipinski definition) is 4. The number of esters is 1. The number of guanidine groups is 1. The van der Waals surface area contributed by atoms with Crippen molar-refractivity contribution in [3.8, 4) is 0 Å². The molecule has 2 N–H and O–H groups in total. The Balaban J connectivity index is 1.84. The molecule has 1 fully saturated rings. The molecule has 1 aromatic rings. The van der Waals surface area contributed by atoms with Crippen molar-refractivity contribution in [1.82, 2.24) is 10.6 Å². The Labute approximate surface area is 162 Å². The van der Waals surface area contributed by atoms with E-state index in [1.807, 2.05) is 12.1 Å². The minimum Gasteiger partial charge on any atom is -0.465 e. The van der Waals surface area contributed by atoms with Gasteiger partial charge in [0.1, 0.15) is 0 Å². The molecule has 0 spiro atoms. The summed E-state index contributed by atoms with van der Waals surface area (Å²) in [5.41, 5.74) is 2.06. The summed E-state index contributed by atoms with van der Waals surface area (Å²) in [6.07, 6.45) is 5.72. The van der Waals surface area contributed by atoms with Crippen LogP contribution in [0, 0.1) is 5.41 Å². The highest BCUT2D eigenvalue weighted by Gasteiger charge is 2.36. The number of carbonyl (C=O) groups is 1. The zero-order valence-electron chi connectivity index (χ0n) is 16.8. The lowest BCUT2D eigenvalue weighted by atomic mass is 9.67. The second-order valence-corrected chi connectivity index (χ2v) is 7.16.